The lowest BCUT2D eigenvalue weighted by Crippen LogP contribution is -2.22. The minimum atomic E-state index is -1.33. The standard InChI is InChI=1S/C9H11NO4/c11-7(5-8(12)13)9(14)6-3-1-2-4-10-6/h1-4,7,9,11,14H,5H2,(H,12,13). The van der Waals surface area contributed by atoms with Crippen LogP contribution in [0, 0.1) is 0 Å². The van der Waals surface area contributed by atoms with E-state index in [1.165, 1.54) is 12.3 Å². The molecule has 5 nitrogen and oxygen atoms in total. The summed E-state index contributed by atoms with van der Waals surface area (Å²) in [7, 11) is 0. The first-order chi connectivity index (χ1) is 6.61. The molecule has 2 atom stereocenters. The number of nitrogens with zero attached hydrogens (tertiary/aromatic N) is 1. The molecule has 5 heteroatoms. The van der Waals surface area contributed by atoms with Crippen molar-refractivity contribution < 1.29 is 20.1 Å². The number of aliphatic hydroxyl groups is 2. The van der Waals surface area contributed by atoms with E-state index in [2.05, 4.69) is 4.98 Å². The van der Waals surface area contributed by atoms with Gasteiger partial charge in [0.05, 0.1) is 18.2 Å². The Labute approximate surface area is 80.7 Å². The van der Waals surface area contributed by atoms with Crippen molar-refractivity contribution >= 4 is 5.97 Å². The summed E-state index contributed by atoms with van der Waals surface area (Å²) < 4.78 is 0. The maximum absolute atomic E-state index is 10.3. The lowest BCUT2D eigenvalue weighted by molar-refractivity contribution is -0.141. The van der Waals surface area contributed by atoms with Crippen LogP contribution >= 0.6 is 0 Å². The van der Waals surface area contributed by atoms with E-state index >= 15 is 0 Å². The smallest absolute Gasteiger partial charge is 0.306 e. The highest BCUT2D eigenvalue weighted by Crippen LogP contribution is 2.15. The number of aromatic nitrogens is 1. The van der Waals surface area contributed by atoms with Crippen molar-refractivity contribution in [3.8, 4) is 0 Å². The van der Waals surface area contributed by atoms with Crippen LogP contribution in [0.4, 0.5) is 0 Å². The fourth-order valence-corrected chi connectivity index (χ4v) is 1.04. The first-order valence-electron chi connectivity index (χ1n) is 4.10. The minimum Gasteiger partial charge on any atom is -0.481 e. The van der Waals surface area contributed by atoms with Crippen molar-refractivity contribution in [2.24, 2.45) is 0 Å². The van der Waals surface area contributed by atoms with Crippen molar-refractivity contribution in [3.63, 3.8) is 0 Å². The number of pyridine rings is 1. The van der Waals surface area contributed by atoms with E-state index < -0.39 is 24.6 Å². The molecule has 0 aliphatic carbocycles. The Morgan fingerprint density at radius 3 is 2.64 bits per heavy atom. The number of aliphatic hydroxyl groups excluding tert-OH is 2. The second-order valence-electron chi connectivity index (χ2n) is 2.86. The highest BCUT2D eigenvalue weighted by atomic mass is 16.4. The zero-order valence-electron chi connectivity index (χ0n) is 7.37. The quantitative estimate of drug-likeness (QED) is 0.629. The van der Waals surface area contributed by atoms with Gasteiger partial charge in [-0.05, 0) is 12.1 Å². The van der Waals surface area contributed by atoms with Gasteiger partial charge in [0.1, 0.15) is 6.10 Å². The summed E-state index contributed by atoms with van der Waals surface area (Å²) in [4.78, 5) is 14.1. The van der Waals surface area contributed by atoms with E-state index in [1.54, 1.807) is 12.1 Å². The molecule has 76 valence electrons. The molecule has 3 N–H and O–H groups in total. The topological polar surface area (TPSA) is 90.7 Å². The second kappa shape index (κ2) is 4.69. The fourth-order valence-electron chi connectivity index (χ4n) is 1.04. The summed E-state index contributed by atoms with van der Waals surface area (Å²) >= 11 is 0. The summed E-state index contributed by atoms with van der Waals surface area (Å²) in [5.41, 5.74) is 0.265. The van der Waals surface area contributed by atoms with Gasteiger partial charge in [-0.2, -0.15) is 0 Å². The Morgan fingerprint density at radius 2 is 2.14 bits per heavy atom. The molecule has 0 amide bonds. The monoisotopic (exact) mass is 197 g/mol. The lowest BCUT2D eigenvalue weighted by Gasteiger charge is -2.14. The molecule has 14 heavy (non-hydrogen) atoms. The Kier molecular flexibility index (Phi) is 3.55. The number of aliphatic carboxylic acids is 1. The molecule has 0 bridgehead atoms. The van der Waals surface area contributed by atoms with Crippen molar-refractivity contribution in [1.29, 1.82) is 0 Å². The maximum Gasteiger partial charge on any atom is 0.306 e. The third kappa shape index (κ3) is 2.79. The second-order valence-corrected chi connectivity index (χ2v) is 2.86. The summed E-state index contributed by atoms with van der Waals surface area (Å²) in [5.74, 6) is -1.16. The zero-order valence-corrected chi connectivity index (χ0v) is 7.37. The van der Waals surface area contributed by atoms with Gasteiger partial charge in [-0.25, -0.2) is 0 Å². The third-order valence-corrected chi connectivity index (χ3v) is 1.74. The summed E-state index contributed by atoms with van der Waals surface area (Å²) in [6.45, 7) is 0. The van der Waals surface area contributed by atoms with Gasteiger partial charge < -0.3 is 15.3 Å². The average molecular weight is 197 g/mol. The van der Waals surface area contributed by atoms with Crippen molar-refractivity contribution in [3.05, 3.63) is 30.1 Å². The molecule has 2 unspecified atom stereocenters. The van der Waals surface area contributed by atoms with E-state index in [-0.39, 0.29) is 5.69 Å². The minimum absolute atomic E-state index is 0.265. The number of rotatable bonds is 4. The molecule has 0 aliphatic heterocycles. The van der Waals surface area contributed by atoms with Crippen LogP contribution in [0.1, 0.15) is 18.2 Å². The molecule has 1 aromatic heterocycles. The number of carboxylic acid groups (broad SMARTS) is 1. The molecule has 0 aliphatic rings. The molecule has 0 aromatic carbocycles. The predicted octanol–water partition coefficient (Wildman–Crippen LogP) is -0.0494. The fraction of sp³-hybridized carbons (Fsp3) is 0.333. The van der Waals surface area contributed by atoms with Gasteiger partial charge in [-0.3, -0.25) is 9.78 Å². The summed E-state index contributed by atoms with van der Waals surface area (Å²) in [6.07, 6.45) is -1.63. The molecule has 0 saturated heterocycles. The van der Waals surface area contributed by atoms with Crippen molar-refractivity contribution in [1.82, 2.24) is 4.98 Å². The van der Waals surface area contributed by atoms with Crippen LogP contribution in [0.15, 0.2) is 24.4 Å². The normalized spacial score (nSPS) is 14.7. The van der Waals surface area contributed by atoms with E-state index in [1.807, 2.05) is 0 Å². The van der Waals surface area contributed by atoms with Gasteiger partial charge in [0.25, 0.3) is 0 Å². The average Bonchev–Trinajstić information content (AvgIpc) is 2.17. The van der Waals surface area contributed by atoms with Crippen LogP contribution in [0.2, 0.25) is 0 Å². The van der Waals surface area contributed by atoms with Crippen molar-refractivity contribution in [2.75, 3.05) is 0 Å². The van der Waals surface area contributed by atoms with Crippen LogP contribution in [-0.4, -0.2) is 32.4 Å². The van der Waals surface area contributed by atoms with Crippen LogP contribution in [0.25, 0.3) is 0 Å². The number of hydrogen-bond donors (Lipinski definition) is 3. The largest absolute Gasteiger partial charge is 0.481 e. The van der Waals surface area contributed by atoms with Gasteiger partial charge in [0, 0.05) is 6.20 Å². The Balaban J connectivity index is 2.65. The van der Waals surface area contributed by atoms with Gasteiger partial charge in [0.2, 0.25) is 0 Å². The van der Waals surface area contributed by atoms with E-state index in [0.29, 0.717) is 0 Å². The van der Waals surface area contributed by atoms with Gasteiger partial charge in [-0.15, -0.1) is 0 Å². The molecule has 0 spiro atoms. The van der Waals surface area contributed by atoms with E-state index in [4.69, 9.17) is 5.11 Å². The molecular weight excluding hydrogens is 186 g/mol. The van der Waals surface area contributed by atoms with E-state index in [0.717, 1.165) is 0 Å². The summed E-state index contributed by atoms with van der Waals surface area (Å²) in [6, 6.07) is 4.84. The van der Waals surface area contributed by atoms with Crippen LogP contribution in [0.3, 0.4) is 0 Å². The number of carbonyl (C=O) groups is 1. The van der Waals surface area contributed by atoms with Crippen LogP contribution < -0.4 is 0 Å². The SMILES string of the molecule is O=C(O)CC(O)C(O)c1ccccn1. The number of carboxylic acids is 1. The molecule has 1 aromatic rings. The van der Waals surface area contributed by atoms with Crippen molar-refractivity contribution in [2.45, 2.75) is 18.6 Å². The molecule has 1 rings (SSSR count). The lowest BCUT2D eigenvalue weighted by atomic mass is 10.1. The molecule has 1 heterocycles. The van der Waals surface area contributed by atoms with Crippen LogP contribution in [0.5, 0.6) is 0 Å². The zero-order chi connectivity index (χ0) is 10.6. The number of hydrogen-bond acceptors (Lipinski definition) is 4. The first kappa shape index (κ1) is 10.6. The van der Waals surface area contributed by atoms with E-state index in [9.17, 15) is 15.0 Å². The van der Waals surface area contributed by atoms with Crippen LogP contribution in [-0.2, 0) is 4.79 Å². The Morgan fingerprint density at radius 1 is 1.43 bits per heavy atom. The molecule has 0 radical (unpaired) electrons. The first-order valence-corrected chi connectivity index (χ1v) is 4.10. The Hall–Kier alpha value is -1.46. The highest BCUT2D eigenvalue weighted by molar-refractivity contribution is 5.67. The van der Waals surface area contributed by atoms with Gasteiger partial charge in [0.15, 0.2) is 0 Å². The van der Waals surface area contributed by atoms with Gasteiger partial charge in [-0.1, -0.05) is 6.07 Å². The molecule has 0 fully saturated rings. The molecular formula is C9H11NO4. The Bertz CT molecular complexity index is 301. The highest BCUT2D eigenvalue weighted by Gasteiger charge is 2.21. The maximum atomic E-state index is 10.3. The predicted molar refractivity (Wildman–Crippen MR) is 47.5 cm³/mol. The summed E-state index contributed by atoms with van der Waals surface area (Å²) in [5, 5.41) is 27.1. The van der Waals surface area contributed by atoms with Gasteiger partial charge >= 0.3 is 5.97 Å². The molecule has 0 saturated carbocycles. The third-order valence-electron chi connectivity index (χ3n) is 1.74.